The molecule has 1 rings (SSSR count). The summed E-state index contributed by atoms with van der Waals surface area (Å²) in [7, 11) is 0. The maximum atomic E-state index is 13.5. The summed E-state index contributed by atoms with van der Waals surface area (Å²) in [4.78, 5) is 11.3. The fraction of sp³-hybridized carbons (Fsp3) is 0.300. The Morgan fingerprint density at radius 3 is 1.65 bits per heavy atom. The molecule has 0 heterocycles. The van der Waals surface area contributed by atoms with Crippen LogP contribution < -0.4 is 5.32 Å². The van der Waals surface area contributed by atoms with Crippen LogP contribution in [0.1, 0.15) is 0 Å². The van der Waals surface area contributed by atoms with Gasteiger partial charge in [-0.1, -0.05) is 46.4 Å². The number of hydrogen-bond acceptors (Lipinski definition) is 1. The van der Waals surface area contributed by atoms with E-state index in [9.17, 15) is 35.5 Å². The highest BCUT2D eigenvalue weighted by Gasteiger charge is 2.77. The molecule has 0 unspecified atom stereocenters. The van der Waals surface area contributed by atoms with Gasteiger partial charge >= 0.3 is 18.0 Å². The molecule has 0 saturated carbocycles. The molecule has 0 bridgehead atoms. The van der Waals surface area contributed by atoms with E-state index >= 15 is 0 Å². The molecule has 0 fully saturated rings. The van der Waals surface area contributed by atoms with Gasteiger partial charge in [-0.15, -0.1) is 0 Å². The minimum atomic E-state index is -6.57. The summed E-state index contributed by atoms with van der Waals surface area (Å²) in [5, 5.41) is -1.03. The zero-order valence-electron chi connectivity index (χ0n) is 10.1. The molecule has 0 atom stereocenters. The van der Waals surface area contributed by atoms with E-state index in [-0.39, 0.29) is 5.02 Å². The van der Waals surface area contributed by atoms with Crippen LogP contribution in [0.4, 0.5) is 36.4 Å². The molecular formula is C10H2Cl4F7NO. The lowest BCUT2D eigenvalue weighted by Gasteiger charge is -2.28. The van der Waals surface area contributed by atoms with Crippen molar-refractivity contribution in [1.29, 1.82) is 0 Å². The van der Waals surface area contributed by atoms with Crippen LogP contribution in [0.3, 0.4) is 0 Å². The zero-order chi connectivity index (χ0) is 18.4. The topological polar surface area (TPSA) is 29.1 Å². The molecule has 13 heteroatoms. The third-order valence-electron chi connectivity index (χ3n) is 2.44. The molecular weight excluding hydrogens is 425 g/mol. The highest BCUT2D eigenvalue weighted by Crippen LogP contribution is 2.48. The van der Waals surface area contributed by atoms with Crippen LogP contribution in [-0.2, 0) is 4.79 Å². The number of carbonyl (C=O) groups is 1. The second-order valence-corrected chi connectivity index (χ2v) is 5.50. The van der Waals surface area contributed by atoms with Crippen molar-refractivity contribution in [3.63, 3.8) is 0 Å². The Morgan fingerprint density at radius 1 is 0.826 bits per heavy atom. The number of halogens is 11. The van der Waals surface area contributed by atoms with Crippen LogP contribution in [0.5, 0.6) is 0 Å². The average Bonchev–Trinajstić information content (AvgIpc) is 2.38. The first-order valence-corrected chi connectivity index (χ1v) is 6.62. The molecule has 1 aromatic carbocycles. The molecule has 0 spiro atoms. The second-order valence-electron chi connectivity index (χ2n) is 3.96. The minimum Gasteiger partial charge on any atom is -0.321 e. The monoisotopic (exact) mass is 425 g/mol. The van der Waals surface area contributed by atoms with Gasteiger partial charge in [0.2, 0.25) is 0 Å². The first-order valence-electron chi connectivity index (χ1n) is 5.11. The van der Waals surface area contributed by atoms with Gasteiger partial charge in [-0.05, 0) is 6.07 Å². The highest BCUT2D eigenvalue weighted by molar-refractivity contribution is 6.52. The normalized spacial score (nSPS) is 13.2. The van der Waals surface area contributed by atoms with Crippen molar-refractivity contribution in [2.45, 2.75) is 18.0 Å². The number of rotatable bonds is 2. The van der Waals surface area contributed by atoms with Gasteiger partial charge in [-0.25, -0.2) is 4.39 Å². The molecule has 0 saturated heterocycles. The van der Waals surface area contributed by atoms with E-state index in [1.807, 2.05) is 0 Å². The van der Waals surface area contributed by atoms with Crippen LogP contribution in [0.2, 0.25) is 20.1 Å². The SMILES string of the molecule is O=C(Nc1cc(Cl)c(Cl)c(Cl)c1Cl)C(F)(C(F)(F)F)C(F)(F)F. The quantitative estimate of drug-likeness (QED) is 0.347. The molecule has 130 valence electrons. The van der Waals surface area contributed by atoms with E-state index in [2.05, 4.69) is 0 Å². The molecule has 0 aliphatic carbocycles. The number of amides is 1. The summed E-state index contributed by atoms with van der Waals surface area (Å²) in [5.74, 6) is -3.06. The summed E-state index contributed by atoms with van der Waals surface area (Å²) in [6.07, 6.45) is -13.1. The van der Waals surface area contributed by atoms with Gasteiger partial charge in [-0.3, -0.25) is 4.79 Å². The molecule has 0 aliphatic heterocycles. The van der Waals surface area contributed by atoms with E-state index in [0.717, 1.165) is 5.32 Å². The maximum Gasteiger partial charge on any atom is 0.441 e. The van der Waals surface area contributed by atoms with Crippen molar-refractivity contribution < 1.29 is 35.5 Å². The van der Waals surface area contributed by atoms with Crippen molar-refractivity contribution in [3.8, 4) is 0 Å². The van der Waals surface area contributed by atoms with Gasteiger partial charge in [-0.2, -0.15) is 26.3 Å². The Labute approximate surface area is 143 Å². The van der Waals surface area contributed by atoms with Gasteiger partial charge in [0.25, 0.3) is 5.91 Å². The molecule has 0 aromatic heterocycles. The predicted molar refractivity (Wildman–Crippen MR) is 71.1 cm³/mol. The number of alkyl halides is 7. The Morgan fingerprint density at radius 2 is 1.26 bits per heavy atom. The lowest BCUT2D eigenvalue weighted by Crippen LogP contribution is -2.60. The summed E-state index contributed by atoms with van der Waals surface area (Å²) >= 11 is 22.1. The fourth-order valence-electron chi connectivity index (χ4n) is 1.29. The predicted octanol–water partition coefficient (Wildman–Crippen LogP) is 6.07. The van der Waals surface area contributed by atoms with Crippen LogP contribution in [0, 0.1) is 0 Å². The Balaban J connectivity index is 3.36. The van der Waals surface area contributed by atoms with Gasteiger partial charge < -0.3 is 5.32 Å². The molecule has 1 aromatic rings. The molecule has 0 radical (unpaired) electrons. The largest absolute Gasteiger partial charge is 0.441 e. The molecule has 23 heavy (non-hydrogen) atoms. The van der Waals surface area contributed by atoms with Gasteiger partial charge in [0, 0.05) is 0 Å². The van der Waals surface area contributed by atoms with Gasteiger partial charge in [0.05, 0.1) is 25.8 Å². The average molecular weight is 427 g/mol. The van der Waals surface area contributed by atoms with Crippen LogP contribution in [-0.4, -0.2) is 23.9 Å². The first-order chi connectivity index (χ1) is 10.1. The van der Waals surface area contributed by atoms with Crippen LogP contribution in [0.15, 0.2) is 6.07 Å². The van der Waals surface area contributed by atoms with Crippen molar-refractivity contribution in [3.05, 3.63) is 26.2 Å². The Bertz CT molecular complexity index is 630. The molecule has 2 nitrogen and oxygen atoms in total. The Hall–Kier alpha value is -0.640. The molecule has 1 N–H and O–H groups in total. The van der Waals surface area contributed by atoms with Crippen molar-refractivity contribution in [2.75, 3.05) is 5.32 Å². The lowest BCUT2D eigenvalue weighted by molar-refractivity contribution is -0.324. The number of anilines is 1. The lowest BCUT2D eigenvalue weighted by atomic mass is 10.0. The fourth-order valence-corrected chi connectivity index (χ4v) is 2.14. The van der Waals surface area contributed by atoms with Gasteiger partial charge in [0.15, 0.2) is 0 Å². The highest BCUT2D eigenvalue weighted by atomic mass is 35.5. The summed E-state index contributed by atoms with van der Waals surface area (Å²) in [6, 6.07) is 0.614. The van der Waals surface area contributed by atoms with Crippen molar-refractivity contribution in [1.82, 2.24) is 0 Å². The standard InChI is InChI=1S/C10H2Cl4F7NO/c11-2-1-3(5(13)6(14)4(2)12)22-7(23)8(15,9(16,17)18)10(19,20)21/h1H,(H,22,23). The minimum absolute atomic E-state index is 0.366. The number of carbonyl (C=O) groups excluding carboxylic acids is 1. The van der Waals surface area contributed by atoms with Crippen molar-refractivity contribution >= 4 is 58.0 Å². The van der Waals surface area contributed by atoms with E-state index in [4.69, 9.17) is 46.4 Å². The van der Waals surface area contributed by atoms with E-state index in [1.165, 1.54) is 0 Å². The molecule has 0 aliphatic rings. The number of benzene rings is 1. The smallest absolute Gasteiger partial charge is 0.321 e. The summed E-state index contributed by atoms with van der Waals surface area (Å²) < 4.78 is 88.0. The zero-order valence-corrected chi connectivity index (χ0v) is 13.2. The van der Waals surface area contributed by atoms with E-state index in [1.54, 1.807) is 0 Å². The maximum absolute atomic E-state index is 13.5. The van der Waals surface area contributed by atoms with Gasteiger partial charge in [0.1, 0.15) is 0 Å². The van der Waals surface area contributed by atoms with E-state index < -0.39 is 44.7 Å². The third-order valence-corrected chi connectivity index (χ3v) is 4.20. The first kappa shape index (κ1) is 20.4. The molecule has 1 amide bonds. The summed E-state index contributed by atoms with van der Waals surface area (Å²) in [5.41, 5.74) is -7.05. The van der Waals surface area contributed by atoms with Crippen LogP contribution in [0.25, 0.3) is 0 Å². The van der Waals surface area contributed by atoms with Crippen LogP contribution >= 0.6 is 46.4 Å². The Kier molecular flexibility index (Phi) is 5.63. The second kappa shape index (κ2) is 6.34. The van der Waals surface area contributed by atoms with Crippen molar-refractivity contribution in [2.24, 2.45) is 0 Å². The van der Waals surface area contributed by atoms with E-state index in [0.29, 0.717) is 6.07 Å². The summed E-state index contributed by atoms with van der Waals surface area (Å²) in [6.45, 7) is 0. The number of hydrogen-bond donors (Lipinski definition) is 1. The third kappa shape index (κ3) is 3.57. The number of nitrogens with one attached hydrogen (secondary N) is 1.